The second-order valence-electron chi connectivity index (χ2n) is 7.33. The third kappa shape index (κ3) is 7.73. The molecule has 1 unspecified atom stereocenters. The first kappa shape index (κ1) is 27.7. The molecule has 0 saturated carbocycles. The molecule has 0 spiro atoms. The second-order valence-corrected chi connectivity index (χ2v) is 11.3. The van der Waals surface area contributed by atoms with E-state index in [-0.39, 0.29) is 12.5 Å². The average Bonchev–Trinajstić information content (AvgIpc) is 2.74. The van der Waals surface area contributed by atoms with Crippen LogP contribution < -0.4 is 9.62 Å². The summed E-state index contributed by atoms with van der Waals surface area (Å²) in [5.74, 6) is -0.822. The minimum absolute atomic E-state index is 0.0651. The van der Waals surface area contributed by atoms with E-state index in [9.17, 15) is 18.0 Å². The number of carbonyl (C=O) groups is 2. The van der Waals surface area contributed by atoms with Crippen LogP contribution in [0.1, 0.15) is 25.8 Å². The molecule has 180 valence electrons. The van der Waals surface area contributed by atoms with E-state index >= 15 is 0 Å². The molecule has 0 saturated heterocycles. The maximum Gasteiger partial charge on any atom is 0.244 e. The molecule has 0 radical (unpaired) electrons. The lowest BCUT2D eigenvalue weighted by Gasteiger charge is -2.32. The third-order valence-electron chi connectivity index (χ3n) is 4.87. The van der Waals surface area contributed by atoms with Gasteiger partial charge >= 0.3 is 0 Å². The summed E-state index contributed by atoms with van der Waals surface area (Å²) in [5, 5.41) is 3.44. The van der Waals surface area contributed by atoms with Gasteiger partial charge in [-0.15, -0.1) is 0 Å². The van der Waals surface area contributed by atoms with Gasteiger partial charge in [-0.25, -0.2) is 8.42 Å². The molecule has 2 rings (SSSR count). The van der Waals surface area contributed by atoms with Crippen LogP contribution in [0.4, 0.5) is 5.69 Å². The first-order chi connectivity index (χ1) is 15.5. The fourth-order valence-corrected chi connectivity index (χ4v) is 4.80. The van der Waals surface area contributed by atoms with Crippen LogP contribution in [0.3, 0.4) is 0 Å². The van der Waals surface area contributed by atoms with Crippen molar-refractivity contribution in [2.75, 3.05) is 23.7 Å². The monoisotopic (exact) mass is 625 g/mol. The van der Waals surface area contributed by atoms with E-state index in [1.165, 1.54) is 4.90 Å². The molecule has 0 aromatic heterocycles. The summed E-state index contributed by atoms with van der Waals surface area (Å²) < 4.78 is 27.0. The zero-order valence-electron chi connectivity index (χ0n) is 18.5. The van der Waals surface area contributed by atoms with Crippen molar-refractivity contribution >= 4 is 73.3 Å². The van der Waals surface area contributed by atoms with E-state index in [1.54, 1.807) is 56.3 Å². The summed E-state index contributed by atoms with van der Waals surface area (Å²) in [5.41, 5.74) is 1.03. The first-order valence-corrected chi connectivity index (χ1v) is 13.9. The van der Waals surface area contributed by atoms with E-state index in [0.717, 1.165) is 14.1 Å². The molecule has 33 heavy (non-hydrogen) atoms. The van der Waals surface area contributed by atoms with Gasteiger partial charge in [0.05, 0.1) is 22.0 Å². The summed E-state index contributed by atoms with van der Waals surface area (Å²) >= 11 is 14.3. The Hall–Kier alpha value is -1.56. The predicted octanol–water partition coefficient (Wildman–Crippen LogP) is 4.31. The van der Waals surface area contributed by atoms with Gasteiger partial charge in [-0.1, -0.05) is 36.2 Å². The molecule has 2 aromatic carbocycles. The largest absolute Gasteiger partial charge is 0.355 e. The SMILES string of the molecule is CCNC(=O)C(CC)N(Cc1ccc(Cl)c(Cl)c1)C(=O)CN(c1ccc(I)cc1)S(C)(=O)=O. The highest BCUT2D eigenvalue weighted by Crippen LogP contribution is 2.25. The molecule has 2 aromatic rings. The fraction of sp³-hybridized carbons (Fsp3) is 0.364. The standard InChI is InChI=1S/C22H26Cl2IN3O4S/c1-4-20(22(30)26-5-2)27(13-15-6-11-18(23)19(24)12-15)21(29)14-28(33(3,31)32)17-9-7-16(25)8-10-17/h6-12,20H,4-5,13-14H2,1-3H3,(H,26,30). The van der Waals surface area contributed by atoms with Crippen LogP contribution in [0.2, 0.25) is 10.0 Å². The van der Waals surface area contributed by atoms with Crippen molar-refractivity contribution in [3.05, 3.63) is 61.6 Å². The van der Waals surface area contributed by atoms with Crippen LogP contribution >= 0.6 is 45.8 Å². The number of amides is 2. The lowest BCUT2D eigenvalue weighted by Crippen LogP contribution is -2.52. The van der Waals surface area contributed by atoms with Gasteiger partial charge in [0.25, 0.3) is 0 Å². The third-order valence-corrected chi connectivity index (χ3v) is 7.47. The highest BCUT2D eigenvalue weighted by Gasteiger charge is 2.31. The van der Waals surface area contributed by atoms with Gasteiger partial charge in [0.15, 0.2) is 0 Å². The van der Waals surface area contributed by atoms with E-state index in [4.69, 9.17) is 23.2 Å². The summed E-state index contributed by atoms with van der Waals surface area (Å²) in [7, 11) is -3.76. The Kier molecular flexibility index (Phi) is 10.3. The minimum atomic E-state index is -3.76. The molecule has 0 heterocycles. The predicted molar refractivity (Wildman–Crippen MR) is 141 cm³/mol. The van der Waals surface area contributed by atoms with Crippen molar-refractivity contribution in [1.82, 2.24) is 10.2 Å². The molecule has 0 fully saturated rings. The zero-order chi connectivity index (χ0) is 24.8. The first-order valence-electron chi connectivity index (χ1n) is 10.2. The Balaban J connectivity index is 2.44. The molecule has 7 nitrogen and oxygen atoms in total. The fourth-order valence-electron chi connectivity index (χ4n) is 3.27. The van der Waals surface area contributed by atoms with Crippen LogP contribution in [0.25, 0.3) is 0 Å². The van der Waals surface area contributed by atoms with Crippen molar-refractivity contribution in [3.63, 3.8) is 0 Å². The lowest BCUT2D eigenvalue weighted by atomic mass is 10.1. The number of nitrogens with one attached hydrogen (secondary N) is 1. The Morgan fingerprint density at radius 2 is 1.70 bits per heavy atom. The van der Waals surface area contributed by atoms with Gasteiger partial charge in [-0.3, -0.25) is 13.9 Å². The zero-order valence-corrected chi connectivity index (χ0v) is 23.0. The molecule has 0 aliphatic heterocycles. The van der Waals surface area contributed by atoms with Gasteiger partial charge in [0, 0.05) is 16.7 Å². The number of carbonyl (C=O) groups excluding carboxylic acids is 2. The number of hydrogen-bond donors (Lipinski definition) is 1. The number of nitrogens with zero attached hydrogens (tertiary/aromatic N) is 2. The van der Waals surface area contributed by atoms with Crippen LogP contribution in [0.15, 0.2) is 42.5 Å². The summed E-state index contributed by atoms with van der Waals surface area (Å²) in [4.78, 5) is 27.6. The minimum Gasteiger partial charge on any atom is -0.355 e. The average molecular weight is 626 g/mol. The van der Waals surface area contributed by atoms with Crippen molar-refractivity contribution in [2.45, 2.75) is 32.9 Å². The molecule has 2 amide bonds. The van der Waals surface area contributed by atoms with E-state index in [1.807, 2.05) is 0 Å². The highest BCUT2D eigenvalue weighted by atomic mass is 127. The van der Waals surface area contributed by atoms with Gasteiger partial charge in [-0.2, -0.15) is 0 Å². The number of hydrogen-bond acceptors (Lipinski definition) is 4. The number of anilines is 1. The molecule has 0 aliphatic carbocycles. The summed E-state index contributed by atoms with van der Waals surface area (Å²) in [6.45, 7) is 3.61. The van der Waals surface area contributed by atoms with E-state index in [0.29, 0.717) is 34.3 Å². The maximum atomic E-state index is 13.5. The number of rotatable bonds is 10. The maximum absolute atomic E-state index is 13.5. The van der Waals surface area contributed by atoms with Crippen molar-refractivity contribution in [3.8, 4) is 0 Å². The van der Waals surface area contributed by atoms with Crippen molar-refractivity contribution in [2.24, 2.45) is 0 Å². The Labute approximate surface area is 218 Å². The van der Waals surface area contributed by atoms with E-state index < -0.39 is 28.5 Å². The molecule has 1 N–H and O–H groups in total. The summed E-state index contributed by atoms with van der Waals surface area (Å²) in [6, 6.07) is 11.0. The van der Waals surface area contributed by atoms with Gasteiger partial charge in [0.2, 0.25) is 21.8 Å². The van der Waals surface area contributed by atoms with Crippen LogP contribution in [0.5, 0.6) is 0 Å². The number of halogens is 3. The van der Waals surface area contributed by atoms with Crippen molar-refractivity contribution < 1.29 is 18.0 Å². The summed E-state index contributed by atoms with van der Waals surface area (Å²) in [6.07, 6.45) is 1.39. The molecular formula is C22H26Cl2IN3O4S. The van der Waals surface area contributed by atoms with Crippen molar-refractivity contribution in [1.29, 1.82) is 0 Å². The molecular weight excluding hydrogens is 600 g/mol. The number of likely N-dealkylation sites (N-methyl/N-ethyl adjacent to an activating group) is 1. The number of benzene rings is 2. The highest BCUT2D eigenvalue weighted by molar-refractivity contribution is 14.1. The molecule has 1 atom stereocenters. The lowest BCUT2D eigenvalue weighted by molar-refractivity contribution is -0.140. The Morgan fingerprint density at radius 1 is 1.06 bits per heavy atom. The van der Waals surface area contributed by atoms with Gasteiger partial charge < -0.3 is 10.2 Å². The number of sulfonamides is 1. The van der Waals surface area contributed by atoms with Gasteiger partial charge in [0.1, 0.15) is 12.6 Å². The van der Waals surface area contributed by atoms with Crippen LogP contribution in [0, 0.1) is 3.57 Å². The topological polar surface area (TPSA) is 86.8 Å². The van der Waals surface area contributed by atoms with Gasteiger partial charge in [-0.05, 0) is 77.9 Å². The normalized spacial score (nSPS) is 12.2. The Bertz CT molecular complexity index is 1100. The Morgan fingerprint density at radius 3 is 2.21 bits per heavy atom. The molecule has 11 heteroatoms. The van der Waals surface area contributed by atoms with E-state index in [2.05, 4.69) is 27.9 Å². The van der Waals surface area contributed by atoms with Crippen LogP contribution in [-0.4, -0.2) is 50.5 Å². The molecule has 0 aliphatic rings. The molecule has 0 bridgehead atoms. The van der Waals surface area contributed by atoms with Crippen LogP contribution in [-0.2, 0) is 26.2 Å². The quantitative estimate of drug-likeness (QED) is 0.399. The smallest absolute Gasteiger partial charge is 0.244 e. The second kappa shape index (κ2) is 12.2.